The van der Waals surface area contributed by atoms with E-state index in [9.17, 15) is 4.79 Å². The molecule has 0 bridgehead atoms. The Bertz CT molecular complexity index is 865. The molecule has 0 spiro atoms. The molecule has 2 heterocycles. The topological polar surface area (TPSA) is 77.2 Å². The zero-order valence-corrected chi connectivity index (χ0v) is 13.1. The number of pyridine rings is 1. The third-order valence-corrected chi connectivity index (χ3v) is 4.24. The molecule has 1 aromatic carbocycles. The van der Waals surface area contributed by atoms with Gasteiger partial charge in [0.05, 0.1) is 0 Å². The zero-order chi connectivity index (χ0) is 16.4. The van der Waals surface area contributed by atoms with Crippen LogP contribution in [0.4, 0.5) is 0 Å². The number of hydrogen-bond donors (Lipinski definition) is 1. The molecule has 0 atom stereocenters. The van der Waals surface area contributed by atoms with E-state index in [2.05, 4.69) is 15.5 Å². The van der Waals surface area contributed by atoms with Crippen molar-refractivity contribution in [2.45, 2.75) is 31.9 Å². The van der Waals surface area contributed by atoms with Gasteiger partial charge in [0, 0.05) is 35.3 Å². The smallest absolute Gasteiger partial charge is 0.273 e. The molecule has 1 amide bonds. The summed E-state index contributed by atoms with van der Waals surface area (Å²) in [6, 6.07) is 9.59. The van der Waals surface area contributed by atoms with E-state index >= 15 is 0 Å². The Kier molecular flexibility index (Phi) is 3.86. The minimum Gasteiger partial charge on any atom is -0.485 e. The second-order valence-corrected chi connectivity index (χ2v) is 5.92. The molecule has 1 aliphatic rings. The van der Waals surface area contributed by atoms with Crippen LogP contribution in [-0.2, 0) is 6.61 Å². The van der Waals surface area contributed by atoms with E-state index < -0.39 is 0 Å². The van der Waals surface area contributed by atoms with Crippen molar-refractivity contribution >= 4 is 16.7 Å². The molecule has 1 fully saturated rings. The highest BCUT2D eigenvalue weighted by Crippen LogP contribution is 2.25. The van der Waals surface area contributed by atoms with Crippen molar-refractivity contribution in [2.75, 3.05) is 0 Å². The van der Waals surface area contributed by atoms with Gasteiger partial charge in [-0.3, -0.25) is 9.78 Å². The lowest BCUT2D eigenvalue weighted by molar-refractivity contribution is 0.0907. The van der Waals surface area contributed by atoms with Crippen LogP contribution in [0, 0.1) is 0 Å². The first-order chi connectivity index (χ1) is 11.8. The molecule has 0 unspecified atom stereocenters. The number of hydrogen-bond acceptors (Lipinski definition) is 5. The molecule has 0 aliphatic heterocycles. The molecule has 6 heteroatoms. The van der Waals surface area contributed by atoms with Crippen LogP contribution in [0.1, 0.15) is 35.5 Å². The number of benzene rings is 1. The molecular weight excluding hydrogens is 306 g/mol. The predicted molar refractivity (Wildman–Crippen MR) is 87.7 cm³/mol. The summed E-state index contributed by atoms with van der Waals surface area (Å²) in [4.78, 5) is 16.1. The van der Waals surface area contributed by atoms with Crippen molar-refractivity contribution in [3.05, 3.63) is 54.2 Å². The Morgan fingerprint density at radius 1 is 1.33 bits per heavy atom. The van der Waals surface area contributed by atoms with Gasteiger partial charge in [0.2, 0.25) is 0 Å². The number of nitrogens with one attached hydrogen (secondary N) is 1. The summed E-state index contributed by atoms with van der Waals surface area (Å²) >= 11 is 0. The fourth-order valence-electron chi connectivity index (χ4n) is 2.67. The Morgan fingerprint density at radius 3 is 3.08 bits per heavy atom. The molecule has 24 heavy (non-hydrogen) atoms. The van der Waals surface area contributed by atoms with E-state index in [0.717, 1.165) is 29.4 Å². The predicted octanol–water partition coefficient (Wildman–Crippen LogP) is 3.08. The minimum absolute atomic E-state index is 0.189. The lowest BCUT2D eigenvalue weighted by Gasteiger charge is -2.25. The Balaban J connectivity index is 1.43. The van der Waals surface area contributed by atoms with Gasteiger partial charge in [-0.2, -0.15) is 0 Å². The number of amides is 1. The number of ether oxygens (including phenoxy) is 1. The molecule has 122 valence electrons. The van der Waals surface area contributed by atoms with Crippen LogP contribution >= 0.6 is 0 Å². The molecule has 2 aromatic heterocycles. The van der Waals surface area contributed by atoms with E-state index in [4.69, 9.17) is 9.26 Å². The van der Waals surface area contributed by atoms with Crippen molar-refractivity contribution in [1.29, 1.82) is 0 Å². The number of carbonyl (C=O) groups excluding carboxylic acids is 1. The van der Waals surface area contributed by atoms with Gasteiger partial charge in [0.15, 0.2) is 11.5 Å². The molecule has 1 aliphatic carbocycles. The summed E-state index contributed by atoms with van der Waals surface area (Å²) < 4.78 is 11.0. The average Bonchev–Trinajstić information content (AvgIpc) is 3.05. The van der Waals surface area contributed by atoms with Crippen molar-refractivity contribution < 1.29 is 14.1 Å². The van der Waals surface area contributed by atoms with Gasteiger partial charge < -0.3 is 14.6 Å². The second-order valence-electron chi connectivity index (χ2n) is 5.92. The standard InChI is InChI=1S/C18H17N3O3/c22-18(20-13-4-2-5-13)16-9-14(24-21-16)11-23-17-6-1-3-12-10-19-8-7-15(12)17/h1,3,6-10,13H,2,4-5,11H2,(H,20,22). The summed E-state index contributed by atoms with van der Waals surface area (Å²) in [5.41, 5.74) is 0.294. The fourth-order valence-corrected chi connectivity index (χ4v) is 2.67. The zero-order valence-electron chi connectivity index (χ0n) is 13.1. The summed E-state index contributed by atoms with van der Waals surface area (Å²) in [5, 5.41) is 8.75. The molecule has 6 nitrogen and oxygen atoms in total. The van der Waals surface area contributed by atoms with Gasteiger partial charge in [-0.15, -0.1) is 0 Å². The second kappa shape index (κ2) is 6.31. The number of fused-ring (bicyclic) bond motifs is 1. The van der Waals surface area contributed by atoms with Crippen LogP contribution in [0.25, 0.3) is 10.8 Å². The van der Waals surface area contributed by atoms with Crippen molar-refractivity contribution in [3.63, 3.8) is 0 Å². The quantitative estimate of drug-likeness (QED) is 0.781. The van der Waals surface area contributed by atoms with Gasteiger partial charge in [-0.25, -0.2) is 0 Å². The van der Waals surface area contributed by atoms with Crippen LogP contribution in [0.15, 0.2) is 47.2 Å². The first kappa shape index (κ1) is 14.7. The highest BCUT2D eigenvalue weighted by Gasteiger charge is 2.22. The van der Waals surface area contributed by atoms with Crippen LogP contribution in [0.2, 0.25) is 0 Å². The molecule has 4 rings (SSSR count). The van der Waals surface area contributed by atoms with Crippen LogP contribution in [0.5, 0.6) is 5.75 Å². The van der Waals surface area contributed by atoms with E-state index in [0.29, 0.717) is 11.5 Å². The van der Waals surface area contributed by atoms with E-state index in [-0.39, 0.29) is 18.6 Å². The Morgan fingerprint density at radius 2 is 2.25 bits per heavy atom. The highest BCUT2D eigenvalue weighted by atomic mass is 16.5. The normalized spacial score (nSPS) is 14.3. The first-order valence-electron chi connectivity index (χ1n) is 8.01. The third-order valence-electron chi connectivity index (χ3n) is 4.24. The van der Waals surface area contributed by atoms with E-state index in [1.54, 1.807) is 18.5 Å². The van der Waals surface area contributed by atoms with Gasteiger partial charge in [0.1, 0.15) is 12.4 Å². The summed E-state index contributed by atoms with van der Waals surface area (Å²) in [5.74, 6) is 1.07. The summed E-state index contributed by atoms with van der Waals surface area (Å²) in [7, 11) is 0. The molecule has 0 radical (unpaired) electrons. The van der Waals surface area contributed by atoms with Crippen LogP contribution < -0.4 is 10.1 Å². The van der Waals surface area contributed by atoms with Gasteiger partial charge in [-0.1, -0.05) is 17.3 Å². The highest BCUT2D eigenvalue weighted by molar-refractivity contribution is 5.92. The van der Waals surface area contributed by atoms with Crippen molar-refractivity contribution in [1.82, 2.24) is 15.5 Å². The molecular formula is C18H17N3O3. The largest absolute Gasteiger partial charge is 0.485 e. The Hall–Kier alpha value is -2.89. The average molecular weight is 323 g/mol. The number of nitrogens with zero attached hydrogens (tertiary/aromatic N) is 2. The number of aromatic nitrogens is 2. The van der Waals surface area contributed by atoms with E-state index in [1.807, 2.05) is 24.3 Å². The monoisotopic (exact) mass is 323 g/mol. The van der Waals surface area contributed by atoms with Gasteiger partial charge >= 0.3 is 0 Å². The van der Waals surface area contributed by atoms with E-state index in [1.165, 1.54) is 6.42 Å². The SMILES string of the molecule is O=C(NC1CCC1)c1cc(COc2cccc3cnccc23)on1. The van der Waals surface area contributed by atoms with Crippen molar-refractivity contribution in [3.8, 4) is 5.75 Å². The lowest BCUT2D eigenvalue weighted by atomic mass is 9.93. The Labute approximate surface area is 138 Å². The summed E-state index contributed by atoms with van der Waals surface area (Å²) in [6.07, 6.45) is 6.76. The van der Waals surface area contributed by atoms with Crippen molar-refractivity contribution in [2.24, 2.45) is 0 Å². The number of rotatable bonds is 5. The third kappa shape index (κ3) is 2.95. The van der Waals surface area contributed by atoms with Crippen LogP contribution in [-0.4, -0.2) is 22.1 Å². The fraction of sp³-hybridized carbons (Fsp3) is 0.278. The van der Waals surface area contributed by atoms with Gasteiger partial charge in [0.25, 0.3) is 5.91 Å². The lowest BCUT2D eigenvalue weighted by Crippen LogP contribution is -2.39. The molecule has 3 aromatic rings. The molecule has 0 saturated heterocycles. The first-order valence-corrected chi connectivity index (χ1v) is 8.01. The molecule has 1 N–H and O–H groups in total. The molecule has 1 saturated carbocycles. The van der Waals surface area contributed by atoms with Gasteiger partial charge in [-0.05, 0) is 31.4 Å². The summed E-state index contributed by atoms with van der Waals surface area (Å²) in [6.45, 7) is 0.213. The minimum atomic E-state index is -0.189. The maximum absolute atomic E-state index is 12.0. The van der Waals surface area contributed by atoms with Crippen LogP contribution in [0.3, 0.4) is 0 Å². The maximum Gasteiger partial charge on any atom is 0.273 e. The maximum atomic E-state index is 12.0. The number of carbonyl (C=O) groups is 1.